The number of carboxylic acids is 1. The van der Waals surface area contributed by atoms with E-state index in [2.05, 4.69) is 30.9 Å². The first kappa shape index (κ1) is 28.2. The Morgan fingerprint density at radius 1 is 1.06 bits per heavy atom. The SMILES string of the molecule is O=C(NC1CCC1)c1ccc(Nc2ncncccc(NCC(F)(F)F)[nH]2)cc1.O=C(O)C(F)(F)F. The minimum Gasteiger partial charge on any atom is -0.475 e. The van der Waals surface area contributed by atoms with Crippen molar-refractivity contribution in [3.8, 4) is 0 Å². The van der Waals surface area contributed by atoms with Crippen LogP contribution in [0.4, 0.5) is 43.8 Å². The Balaban J connectivity index is 0.000000572. The number of rotatable bonds is 6. The number of carbonyl (C=O) groups excluding carboxylic acids is 1. The number of nitrogens with one attached hydrogen (secondary N) is 4. The van der Waals surface area contributed by atoms with Gasteiger partial charge in [-0.3, -0.25) is 4.79 Å². The van der Waals surface area contributed by atoms with Crippen LogP contribution in [0.5, 0.6) is 0 Å². The molecule has 0 unspecified atom stereocenters. The first-order chi connectivity index (χ1) is 16.8. The highest BCUT2D eigenvalue weighted by Gasteiger charge is 2.38. The number of aromatic nitrogens is 3. The summed E-state index contributed by atoms with van der Waals surface area (Å²) in [6.07, 6.45) is -3.64. The van der Waals surface area contributed by atoms with Gasteiger partial charge >= 0.3 is 18.3 Å². The molecule has 36 heavy (non-hydrogen) atoms. The molecule has 0 aliphatic heterocycles. The fourth-order valence-electron chi connectivity index (χ4n) is 2.55. The number of nitrogens with zero attached hydrogens (tertiary/aromatic N) is 2. The monoisotopic (exact) mass is 520 g/mol. The van der Waals surface area contributed by atoms with Gasteiger partial charge in [-0.2, -0.15) is 26.3 Å². The number of anilines is 3. The molecule has 1 aliphatic rings. The van der Waals surface area contributed by atoms with E-state index in [9.17, 15) is 31.1 Å². The number of alkyl halides is 6. The summed E-state index contributed by atoms with van der Waals surface area (Å²) < 4.78 is 69.2. The Labute approximate surface area is 200 Å². The maximum absolute atomic E-state index is 12.5. The molecular formula is C21H22F6N6O3. The van der Waals surface area contributed by atoms with Gasteiger partial charge in [-0.25, -0.2) is 14.8 Å². The zero-order chi connectivity index (χ0) is 26.8. The summed E-state index contributed by atoms with van der Waals surface area (Å²) in [5.74, 6) is -2.61. The molecule has 0 radical (unpaired) electrons. The van der Waals surface area contributed by atoms with Gasteiger partial charge in [-0.1, -0.05) is 0 Å². The highest BCUT2D eigenvalue weighted by atomic mass is 19.4. The maximum Gasteiger partial charge on any atom is 0.490 e. The van der Waals surface area contributed by atoms with E-state index in [0.29, 0.717) is 11.3 Å². The van der Waals surface area contributed by atoms with Crippen molar-refractivity contribution < 1.29 is 41.0 Å². The van der Waals surface area contributed by atoms with Gasteiger partial charge in [0.15, 0.2) is 0 Å². The topological polar surface area (TPSA) is 132 Å². The van der Waals surface area contributed by atoms with E-state index in [4.69, 9.17) is 9.90 Å². The van der Waals surface area contributed by atoms with Gasteiger partial charge < -0.3 is 26.0 Å². The first-order valence-corrected chi connectivity index (χ1v) is 10.4. The second-order valence-electron chi connectivity index (χ2n) is 7.36. The summed E-state index contributed by atoms with van der Waals surface area (Å²) in [5, 5.41) is 15.3. The highest BCUT2D eigenvalue weighted by molar-refractivity contribution is 5.94. The van der Waals surface area contributed by atoms with Gasteiger partial charge in [-0.05, 0) is 55.7 Å². The van der Waals surface area contributed by atoms with E-state index in [1.54, 1.807) is 24.3 Å². The first-order valence-electron chi connectivity index (χ1n) is 10.4. The number of H-pyrrole nitrogens is 1. The Bertz CT molecular complexity index is 1070. The molecule has 196 valence electrons. The summed E-state index contributed by atoms with van der Waals surface area (Å²) in [6, 6.07) is 9.86. The van der Waals surface area contributed by atoms with Crippen LogP contribution in [0.1, 0.15) is 29.6 Å². The lowest BCUT2D eigenvalue weighted by molar-refractivity contribution is -0.192. The Morgan fingerprint density at radius 3 is 2.22 bits per heavy atom. The number of hydrogen-bond donors (Lipinski definition) is 5. The summed E-state index contributed by atoms with van der Waals surface area (Å²) in [5.41, 5.74) is 1.14. The molecule has 0 atom stereocenters. The van der Waals surface area contributed by atoms with Crippen molar-refractivity contribution in [3.63, 3.8) is 0 Å². The molecule has 1 fully saturated rings. The number of carboxylic acid groups (broad SMARTS) is 1. The molecule has 1 aromatic heterocycles. The van der Waals surface area contributed by atoms with Crippen molar-refractivity contribution in [2.45, 2.75) is 37.7 Å². The largest absolute Gasteiger partial charge is 0.490 e. The summed E-state index contributed by atoms with van der Waals surface area (Å²) in [7, 11) is 0. The number of benzene rings is 1. The van der Waals surface area contributed by atoms with Crippen LogP contribution in [0.25, 0.3) is 0 Å². The van der Waals surface area contributed by atoms with Crippen molar-refractivity contribution >= 4 is 29.3 Å². The quantitative estimate of drug-likeness (QED) is 0.353. The molecule has 1 heterocycles. The van der Waals surface area contributed by atoms with Crippen molar-refractivity contribution in [1.29, 1.82) is 0 Å². The second-order valence-corrected chi connectivity index (χ2v) is 7.36. The van der Waals surface area contributed by atoms with Gasteiger partial charge in [0, 0.05) is 23.5 Å². The number of hydrogen-bond acceptors (Lipinski definition) is 6. The minimum atomic E-state index is -5.08. The van der Waals surface area contributed by atoms with E-state index < -0.39 is 24.9 Å². The highest BCUT2D eigenvalue weighted by Crippen LogP contribution is 2.20. The molecule has 3 rings (SSSR count). The predicted octanol–water partition coefficient (Wildman–Crippen LogP) is 4.56. The number of carbonyl (C=O) groups is 2. The summed E-state index contributed by atoms with van der Waals surface area (Å²) in [6.45, 7) is -1.20. The van der Waals surface area contributed by atoms with Crippen LogP contribution in [0.2, 0.25) is 0 Å². The lowest BCUT2D eigenvalue weighted by atomic mass is 9.93. The standard InChI is InChI=1S/C19H21F3N6O.C2HF3O2/c20-19(21,22)11-24-16-5-2-10-23-12-25-18(28-16)27-15-8-6-13(7-9-15)17(29)26-14-3-1-4-14;3-2(4,5)1(6)7/h2,5-10,12,14,24H,1,3-4,11H2,(H,26,29)(H2,23,25,27,28);(H,6,7). The van der Waals surface area contributed by atoms with Crippen molar-refractivity contribution in [1.82, 2.24) is 20.3 Å². The molecule has 15 heteroatoms. The molecule has 0 bridgehead atoms. The van der Waals surface area contributed by atoms with Crippen LogP contribution in [0, 0.1) is 0 Å². The molecular weight excluding hydrogens is 498 g/mol. The molecule has 9 nitrogen and oxygen atoms in total. The van der Waals surface area contributed by atoms with Gasteiger partial charge in [0.05, 0.1) is 0 Å². The minimum absolute atomic E-state index is 0.104. The molecule has 2 aromatic rings. The number of amides is 1. The second kappa shape index (κ2) is 12.6. The van der Waals surface area contributed by atoms with Gasteiger partial charge in [0.25, 0.3) is 5.91 Å². The number of aliphatic carboxylic acids is 1. The summed E-state index contributed by atoms with van der Waals surface area (Å²) >= 11 is 0. The van der Waals surface area contributed by atoms with Crippen LogP contribution < -0.4 is 16.0 Å². The molecule has 1 aliphatic carbocycles. The molecule has 0 spiro atoms. The Hall–Kier alpha value is -4.04. The molecule has 1 amide bonds. The van der Waals surface area contributed by atoms with Gasteiger partial charge in [0.2, 0.25) is 5.95 Å². The smallest absolute Gasteiger partial charge is 0.475 e. The van der Waals surface area contributed by atoms with Crippen LogP contribution in [-0.4, -0.2) is 56.9 Å². The average molecular weight is 520 g/mol. The van der Waals surface area contributed by atoms with Crippen LogP contribution in [-0.2, 0) is 4.79 Å². The lowest BCUT2D eigenvalue weighted by Crippen LogP contribution is -2.39. The van der Waals surface area contributed by atoms with Crippen molar-refractivity contribution in [2.24, 2.45) is 0 Å². The Morgan fingerprint density at radius 2 is 1.69 bits per heavy atom. The third kappa shape index (κ3) is 10.5. The van der Waals surface area contributed by atoms with E-state index in [1.807, 2.05) is 0 Å². The third-order valence-corrected chi connectivity index (χ3v) is 4.51. The van der Waals surface area contributed by atoms with Crippen LogP contribution >= 0.6 is 0 Å². The number of aromatic amines is 1. The molecule has 0 saturated heterocycles. The zero-order valence-electron chi connectivity index (χ0n) is 18.5. The maximum atomic E-state index is 12.5. The van der Waals surface area contributed by atoms with E-state index in [-0.39, 0.29) is 23.7 Å². The third-order valence-electron chi connectivity index (χ3n) is 4.51. The fourth-order valence-corrected chi connectivity index (χ4v) is 2.55. The van der Waals surface area contributed by atoms with Crippen LogP contribution in [0.15, 0.2) is 48.9 Å². The average Bonchev–Trinajstić information content (AvgIpc) is 2.86. The van der Waals surface area contributed by atoms with Crippen molar-refractivity contribution in [2.75, 3.05) is 17.2 Å². The van der Waals surface area contributed by atoms with E-state index >= 15 is 0 Å². The predicted molar refractivity (Wildman–Crippen MR) is 117 cm³/mol. The van der Waals surface area contributed by atoms with Gasteiger partial charge in [-0.15, -0.1) is 0 Å². The summed E-state index contributed by atoms with van der Waals surface area (Å²) in [4.78, 5) is 31.8. The zero-order valence-corrected chi connectivity index (χ0v) is 18.5. The molecule has 1 saturated carbocycles. The Kier molecular flexibility index (Phi) is 9.87. The molecule has 1 aromatic carbocycles. The van der Waals surface area contributed by atoms with E-state index in [1.165, 1.54) is 24.7 Å². The fraction of sp³-hybridized carbons (Fsp3) is 0.333. The normalized spacial score (nSPS) is 13.3. The van der Waals surface area contributed by atoms with Gasteiger partial charge in [0.1, 0.15) is 18.7 Å². The number of halogens is 6. The van der Waals surface area contributed by atoms with Crippen LogP contribution in [0.3, 0.4) is 0 Å². The van der Waals surface area contributed by atoms with E-state index in [0.717, 1.165) is 19.3 Å². The molecule has 5 N–H and O–H groups in total. The lowest BCUT2D eigenvalue weighted by Gasteiger charge is -2.26. The van der Waals surface area contributed by atoms with Crippen molar-refractivity contribution in [3.05, 3.63) is 54.5 Å².